The topological polar surface area (TPSA) is 55.8 Å². The summed E-state index contributed by atoms with van der Waals surface area (Å²) in [5.74, 6) is 1.08. The molecule has 1 amide bonds. The Morgan fingerprint density at radius 1 is 1.03 bits per heavy atom. The van der Waals surface area contributed by atoms with Crippen LogP contribution in [0.1, 0.15) is 47.2 Å². The summed E-state index contributed by atoms with van der Waals surface area (Å²) in [7, 11) is 0. The molecule has 0 saturated carbocycles. The van der Waals surface area contributed by atoms with Gasteiger partial charge in [-0.3, -0.25) is 4.79 Å². The maximum atomic E-state index is 13.1. The number of carbonyl (C=O) groups is 2. The van der Waals surface area contributed by atoms with Gasteiger partial charge in [0.25, 0.3) is 0 Å². The lowest BCUT2D eigenvalue weighted by Gasteiger charge is -2.37. The number of Topliss-reactive ketones (excluding diaryl/α,β-unsaturated/α-hetero) is 1. The monoisotopic (exact) mass is 391 g/mol. The standard InChI is InChI=1S/C24H25NO4/c26-23(18-6-9-22-17(12-18)10-11-28-22)19-13-20-7-8-21(14-19)25(20)24(27)29-15-16-4-2-1-3-5-16/h1-6,9,12,19-21H,7-8,10-11,13-15H2. The highest BCUT2D eigenvalue weighted by molar-refractivity contribution is 5.98. The molecule has 3 heterocycles. The number of hydrogen-bond acceptors (Lipinski definition) is 4. The Labute approximate surface area is 170 Å². The van der Waals surface area contributed by atoms with E-state index in [1.807, 2.05) is 53.4 Å². The summed E-state index contributed by atoms with van der Waals surface area (Å²) in [4.78, 5) is 27.7. The first-order valence-corrected chi connectivity index (χ1v) is 10.5. The van der Waals surface area contributed by atoms with Crippen LogP contribution in [0.3, 0.4) is 0 Å². The van der Waals surface area contributed by atoms with Crippen LogP contribution in [0, 0.1) is 5.92 Å². The van der Waals surface area contributed by atoms with Crippen LogP contribution in [-0.4, -0.2) is 35.5 Å². The summed E-state index contributed by atoms with van der Waals surface area (Å²) >= 11 is 0. The second kappa shape index (κ2) is 7.54. The molecule has 0 aromatic heterocycles. The molecule has 2 aromatic carbocycles. The minimum Gasteiger partial charge on any atom is -0.493 e. The lowest BCUT2D eigenvalue weighted by Crippen LogP contribution is -2.48. The van der Waals surface area contributed by atoms with E-state index in [2.05, 4.69) is 0 Å². The molecule has 3 aliphatic rings. The molecule has 0 N–H and O–H groups in total. The van der Waals surface area contributed by atoms with Crippen molar-refractivity contribution in [2.45, 2.75) is 50.8 Å². The highest BCUT2D eigenvalue weighted by Crippen LogP contribution is 2.40. The molecule has 2 atom stereocenters. The van der Waals surface area contributed by atoms with Crippen molar-refractivity contribution in [2.75, 3.05) is 6.61 Å². The summed E-state index contributed by atoms with van der Waals surface area (Å²) in [5, 5.41) is 0. The van der Waals surface area contributed by atoms with Crippen LogP contribution in [0.25, 0.3) is 0 Å². The fourth-order valence-electron chi connectivity index (χ4n) is 5.06. The Kier molecular flexibility index (Phi) is 4.74. The third-order valence-corrected chi connectivity index (χ3v) is 6.49. The van der Waals surface area contributed by atoms with Gasteiger partial charge in [0.2, 0.25) is 0 Å². The van der Waals surface area contributed by atoms with E-state index in [4.69, 9.17) is 9.47 Å². The fraction of sp³-hybridized carbons (Fsp3) is 0.417. The molecule has 2 unspecified atom stereocenters. The molecule has 0 radical (unpaired) electrons. The van der Waals surface area contributed by atoms with Crippen LogP contribution in [-0.2, 0) is 17.8 Å². The summed E-state index contributed by atoms with van der Waals surface area (Å²) in [6.45, 7) is 0.982. The van der Waals surface area contributed by atoms with Crippen molar-refractivity contribution < 1.29 is 19.1 Å². The van der Waals surface area contributed by atoms with Crippen LogP contribution in [0.2, 0.25) is 0 Å². The predicted octanol–water partition coefficient (Wildman–Crippen LogP) is 4.38. The maximum absolute atomic E-state index is 13.1. The highest BCUT2D eigenvalue weighted by Gasteiger charge is 2.46. The minimum atomic E-state index is -0.248. The van der Waals surface area contributed by atoms with Gasteiger partial charge in [-0.25, -0.2) is 4.79 Å². The van der Waals surface area contributed by atoms with E-state index in [1.165, 1.54) is 0 Å². The molecular weight excluding hydrogens is 366 g/mol. The molecule has 5 heteroatoms. The van der Waals surface area contributed by atoms with Crippen LogP contribution in [0.4, 0.5) is 4.79 Å². The number of ether oxygens (including phenoxy) is 2. The van der Waals surface area contributed by atoms with Crippen molar-refractivity contribution in [1.29, 1.82) is 0 Å². The van der Waals surface area contributed by atoms with Gasteiger partial charge in [0.05, 0.1) is 6.61 Å². The number of ketones is 1. The summed E-state index contributed by atoms with van der Waals surface area (Å²) in [5.41, 5.74) is 2.89. The maximum Gasteiger partial charge on any atom is 0.410 e. The van der Waals surface area contributed by atoms with Gasteiger partial charge in [-0.2, -0.15) is 0 Å². The van der Waals surface area contributed by atoms with Gasteiger partial charge in [-0.15, -0.1) is 0 Å². The van der Waals surface area contributed by atoms with E-state index in [9.17, 15) is 9.59 Å². The smallest absolute Gasteiger partial charge is 0.410 e. The molecule has 2 fully saturated rings. The molecule has 2 saturated heterocycles. The lowest BCUT2D eigenvalue weighted by atomic mass is 9.84. The van der Waals surface area contributed by atoms with Crippen molar-refractivity contribution in [1.82, 2.24) is 4.90 Å². The van der Waals surface area contributed by atoms with E-state index >= 15 is 0 Å². The van der Waals surface area contributed by atoms with Crippen molar-refractivity contribution in [3.63, 3.8) is 0 Å². The molecule has 0 spiro atoms. The molecule has 2 bridgehead atoms. The first-order chi connectivity index (χ1) is 14.2. The number of benzene rings is 2. The van der Waals surface area contributed by atoms with E-state index in [0.717, 1.165) is 54.5 Å². The van der Waals surface area contributed by atoms with Gasteiger partial charge < -0.3 is 14.4 Å². The largest absolute Gasteiger partial charge is 0.493 e. The molecule has 5 rings (SSSR count). The van der Waals surface area contributed by atoms with Crippen molar-refractivity contribution in [2.24, 2.45) is 5.92 Å². The quantitative estimate of drug-likeness (QED) is 0.726. The van der Waals surface area contributed by atoms with Crippen LogP contribution in [0.15, 0.2) is 48.5 Å². The van der Waals surface area contributed by atoms with Gasteiger partial charge >= 0.3 is 6.09 Å². The zero-order valence-electron chi connectivity index (χ0n) is 16.4. The molecule has 3 aliphatic heterocycles. The second-order valence-electron chi connectivity index (χ2n) is 8.29. The van der Waals surface area contributed by atoms with Crippen molar-refractivity contribution >= 4 is 11.9 Å². The van der Waals surface area contributed by atoms with Crippen LogP contribution >= 0.6 is 0 Å². The Morgan fingerprint density at radius 3 is 2.55 bits per heavy atom. The summed E-state index contributed by atoms with van der Waals surface area (Å²) in [6, 6.07) is 15.7. The van der Waals surface area contributed by atoms with Gasteiger partial charge in [-0.05, 0) is 55.0 Å². The fourth-order valence-corrected chi connectivity index (χ4v) is 5.06. The van der Waals surface area contributed by atoms with Gasteiger partial charge in [0.15, 0.2) is 5.78 Å². The van der Waals surface area contributed by atoms with E-state index in [-0.39, 0.29) is 36.5 Å². The van der Waals surface area contributed by atoms with E-state index in [0.29, 0.717) is 6.61 Å². The number of carbonyl (C=O) groups excluding carboxylic acids is 2. The number of amides is 1. The van der Waals surface area contributed by atoms with Crippen molar-refractivity contribution in [3.05, 3.63) is 65.2 Å². The van der Waals surface area contributed by atoms with E-state index in [1.54, 1.807) is 0 Å². The average molecular weight is 391 g/mol. The zero-order valence-corrected chi connectivity index (χ0v) is 16.4. The van der Waals surface area contributed by atoms with Gasteiger partial charge in [0.1, 0.15) is 12.4 Å². The lowest BCUT2D eigenvalue weighted by molar-refractivity contribution is 0.0485. The third-order valence-electron chi connectivity index (χ3n) is 6.49. The Bertz CT molecular complexity index is 912. The molecule has 150 valence electrons. The number of piperidine rings is 1. The first kappa shape index (κ1) is 18.2. The summed E-state index contributed by atoms with van der Waals surface area (Å²) < 4.78 is 11.1. The van der Waals surface area contributed by atoms with Crippen LogP contribution in [0.5, 0.6) is 5.75 Å². The minimum absolute atomic E-state index is 0.0222. The Morgan fingerprint density at radius 2 is 1.79 bits per heavy atom. The summed E-state index contributed by atoms with van der Waals surface area (Å²) in [6.07, 6.45) is 3.97. The Hall–Kier alpha value is -2.82. The van der Waals surface area contributed by atoms with Gasteiger partial charge in [-0.1, -0.05) is 30.3 Å². The van der Waals surface area contributed by atoms with Gasteiger partial charge in [0, 0.05) is 30.0 Å². The third kappa shape index (κ3) is 3.50. The Balaban J connectivity index is 1.24. The number of fused-ring (bicyclic) bond motifs is 3. The molecule has 29 heavy (non-hydrogen) atoms. The molecule has 2 aromatic rings. The number of nitrogens with zero attached hydrogens (tertiary/aromatic N) is 1. The normalized spacial score (nSPS) is 24.7. The molecule has 0 aliphatic carbocycles. The zero-order chi connectivity index (χ0) is 19.8. The average Bonchev–Trinajstić information content (AvgIpc) is 3.33. The highest BCUT2D eigenvalue weighted by atomic mass is 16.6. The SMILES string of the molecule is O=C(c1ccc2c(c1)CCO2)C1CC2CCC(C1)N2C(=O)OCc1ccccc1. The number of hydrogen-bond donors (Lipinski definition) is 0. The molecule has 5 nitrogen and oxygen atoms in total. The first-order valence-electron chi connectivity index (χ1n) is 10.5. The molecular formula is C24H25NO4. The van der Waals surface area contributed by atoms with E-state index < -0.39 is 0 Å². The van der Waals surface area contributed by atoms with Crippen LogP contribution < -0.4 is 4.74 Å². The predicted molar refractivity (Wildman–Crippen MR) is 108 cm³/mol. The number of rotatable bonds is 4. The van der Waals surface area contributed by atoms with Crippen molar-refractivity contribution in [3.8, 4) is 5.75 Å². The second-order valence-corrected chi connectivity index (χ2v) is 8.29.